The van der Waals surface area contributed by atoms with Crippen molar-refractivity contribution in [3.8, 4) is 0 Å². The van der Waals surface area contributed by atoms with E-state index in [-0.39, 0.29) is 6.54 Å². The van der Waals surface area contributed by atoms with Crippen LogP contribution >= 0.6 is 0 Å². The molecule has 0 aliphatic carbocycles. The lowest BCUT2D eigenvalue weighted by molar-refractivity contribution is -0.139. The highest BCUT2D eigenvalue weighted by Crippen LogP contribution is 1.94. The first kappa shape index (κ1) is 13.0. The molecule has 0 bridgehead atoms. The Labute approximate surface area is 98.8 Å². The minimum absolute atomic E-state index is 0.255. The molecule has 2 amide bonds. The summed E-state index contributed by atoms with van der Waals surface area (Å²) < 4.78 is 1.77. The molecule has 1 heterocycles. The van der Waals surface area contributed by atoms with E-state index in [4.69, 9.17) is 5.11 Å². The van der Waals surface area contributed by atoms with Gasteiger partial charge >= 0.3 is 12.0 Å². The normalized spacial score (nSPS) is 11.9. The van der Waals surface area contributed by atoms with Crippen molar-refractivity contribution >= 4 is 12.0 Å². The van der Waals surface area contributed by atoms with E-state index >= 15 is 0 Å². The Morgan fingerprint density at radius 1 is 1.59 bits per heavy atom. The Hall–Kier alpha value is -2.05. The van der Waals surface area contributed by atoms with E-state index in [1.807, 2.05) is 7.05 Å². The summed E-state index contributed by atoms with van der Waals surface area (Å²) in [6, 6.07) is -1.38. The van der Waals surface area contributed by atoms with Gasteiger partial charge in [-0.3, -0.25) is 0 Å². The molecule has 0 fully saturated rings. The average Bonchev–Trinajstić information content (AvgIpc) is 2.68. The number of carbonyl (C=O) groups is 2. The second kappa shape index (κ2) is 5.88. The molecule has 1 aromatic heterocycles. The van der Waals surface area contributed by atoms with Gasteiger partial charge in [-0.25, -0.2) is 14.6 Å². The van der Waals surface area contributed by atoms with Crippen LogP contribution in [0.4, 0.5) is 4.79 Å². The van der Waals surface area contributed by atoms with E-state index < -0.39 is 18.0 Å². The van der Waals surface area contributed by atoms with Crippen molar-refractivity contribution in [2.24, 2.45) is 7.05 Å². The molecular formula is C10H16N4O3. The Morgan fingerprint density at radius 2 is 2.29 bits per heavy atom. The summed E-state index contributed by atoms with van der Waals surface area (Å²) in [7, 11) is 1.81. The lowest BCUT2D eigenvalue weighted by atomic mass is 10.2. The van der Waals surface area contributed by atoms with E-state index in [0.717, 1.165) is 0 Å². The van der Waals surface area contributed by atoms with E-state index in [1.165, 1.54) is 0 Å². The largest absolute Gasteiger partial charge is 0.480 e. The molecule has 17 heavy (non-hydrogen) atoms. The van der Waals surface area contributed by atoms with Crippen LogP contribution in [-0.2, 0) is 18.4 Å². The number of hydrogen-bond donors (Lipinski definition) is 3. The highest BCUT2D eigenvalue weighted by Gasteiger charge is 2.17. The highest BCUT2D eigenvalue weighted by molar-refractivity contribution is 5.82. The molecule has 7 heteroatoms. The first-order valence-corrected chi connectivity index (χ1v) is 5.28. The first-order chi connectivity index (χ1) is 8.04. The van der Waals surface area contributed by atoms with Gasteiger partial charge in [0.25, 0.3) is 0 Å². The van der Waals surface area contributed by atoms with Crippen molar-refractivity contribution in [2.75, 3.05) is 0 Å². The number of carboxylic acid groups (broad SMARTS) is 1. The topological polar surface area (TPSA) is 96.3 Å². The van der Waals surface area contributed by atoms with Crippen LogP contribution in [-0.4, -0.2) is 32.7 Å². The summed E-state index contributed by atoms with van der Waals surface area (Å²) in [5.74, 6) is -0.344. The van der Waals surface area contributed by atoms with Gasteiger partial charge in [-0.05, 0) is 6.42 Å². The fraction of sp³-hybridized carbons (Fsp3) is 0.500. The number of aromatic nitrogens is 2. The third-order valence-corrected chi connectivity index (χ3v) is 2.34. The van der Waals surface area contributed by atoms with E-state index in [9.17, 15) is 9.59 Å². The van der Waals surface area contributed by atoms with Crippen LogP contribution in [0.2, 0.25) is 0 Å². The molecular weight excluding hydrogens is 224 g/mol. The number of urea groups is 1. The maximum absolute atomic E-state index is 11.4. The molecule has 0 unspecified atom stereocenters. The van der Waals surface area contributed by atoms with Gasteiger partial charge in [-0.1, -0.05) is 6.92 Å². The summed E-state index contributed by atoms with van der Waals surface area (Å²) in [4.78, 5) is 26.1. The van der Waals surface area contributed by atoms with Crippen molar-refractivity contribution < 1.29 is 14.7 Å². The Bertz CT molecular complexity index is 402. The van der Waals surface area contributed by atoms with Crippen LogP contribution in [0.25, 0.3) is 0 Å². The molecule has 0 aliphatic rings. The zero-order valence-electron chi connectivity index (χ0n) is 9.80. The van der Waals surface area contributed by atoms with E-state index in [0.29, 0.717) is 12.2 Å². The first-order valence-electron chi connectivity index (χ1n) is 5.28. The molecule has 0 radical (unpaired) electrons. The SMILES string of the molecule is CC[C@@H](NC(=O)NCc1nccn1C)C(=O)O. The molecule has 3 N–H and O–H groups in total. The van der Waals surface area contributed by atoms with Gasteiger partial charge in [0.1, 0.15) is 11.9 Å². The van der Waals surface area contributed by atoms with Crippen LogP contribution < -0.4 is 10.6 Å². The zero-order chi connectivity index (χ0) is 12.8. The van der Waals surface area contributed by atoms with Crippen LogP contribution in [0.5, 0.6) is 0 Å². The van der Waals surface area contributed by atoms with Crippen LogP contribution in [0.1, 0.15) is 19.2 Å². The highest BCUT2D eigenvalue weighted by atomic mass is 16.4. The average molecular weight is 240 g/mol. The lowest BCUT2D eigenvalue weighted by Gasteiger charge is -2.12. The molecule has 0 aromatic carbocycles. The van der Waals surface area contributed by atoms with Crippen molar-refractivity contribution in [1.82, 2.24) is 20.2 Å². The van der Waals surface area contributed by atoms with Crippen molar-refractivity contribution in [3.63, 3.8) is 0 Å². The van der Waals surface area contributed by atoms with Crippen LogP contribution in [0.3, 0.4) is 0 Å². The van der Waals surface area contributed by atoms with Gasteiger partial charge in [0.2, 0.25) is 0 Å². The summed E-state index contributed by atoms with van der Waals surface area (Å²) >= 11 is 0. The molecule has 1 rings (SSSR count). The number of nitrogens with one attached hydrogen (secondary N) is 2. The van der Waals surface area contributed by atoms with E-state index in [2.05, 4.69) is 15.6 Å². The van der Waals surface area contributed by atoms with Gasteiger partial charge in [0.05, 0.1) is 6.54 Å². The molecule has 94 valence electrons. The minimum atomic E-state index is -1.04. The number of carbonyl (C=O) groups excluding carboxylic acids is 1. The van der Waals surface area contributed by atoms with Crippen molar-refractivity contribution in [3.05, 3.63) is 18.2 Å². The molecule has 0 spiro atoms. The third-order valence-electron chi connectivity index (χ3n) is 2.34. The lowest BCUT2D eigenvalue weighted by Crippen LogP contribution is -2.45. The number of rotatable bonds is 5. The van der Waals surface area contributed by atoms with Crippen molar-refractivity contribution in [1.29, 1.82) is 0 Å². The van der Waals surface area contributed by atoms with Gasteiger partial charge in [0, 0.05) is 19.4 Å². The Kier molecular flexibility index (Phi) is 4.50. The van der Waals surface area contributed by atoms with Gasteiger partial charge in [0.15, 0.2) is 0 Å². The number of aryl methyl sites for hydroxylation is 1. The maximum atomic E-state index is 11.4. The predicted octanol–water partition coefficient (Wildman–Crippen LogP) is 0.0825. The fourth-order valence-electron chi connectivity index (χ4n) is 1.27. The number of hydrogen-bond acceptors (Lipinski definition) is 3. The Balaban J connectivity index is 2.40. The van der Waals surface area contributed by atoms with Crippen LogP contribution in [0, 0.1) is 0 Å². The van der Waals surface area contributed by atoms with Crippen molar-refractivity contribution in [2.45, 2.75) is 25.9 Å². The monoisotopic (exact) mass is 240 g/mol. The zero-order valence-corrected chi connectivity index (χ0v) is 9.80. The number of aliphatic carboxylic acids is 1. The molecule has 1 aromatic rings. The minimum Gasteiger partial charge on any atom is -0.480 e. The molecule has 7 nitrogen and oxygen atoms in total. The maximum Gasteiger partial charge on any atom is 0.326 e. The third kappa shape index (κ3) is 3.78. The van der Waals surface area contributed by atoms with E-state index in [1.54, 1.807) is 23.9 Å². The standard InChI is InChI=1S/C10H16N4O3/c1-3-7(9(15)16)13-10(17)12-6-8-11-4-5-14(8)2/h4-5,7H,3,6H2,1-2H3,(H,15,16)(H2,12,13,17)/t7-/m1/s1. The number of carboxylic acids is 1. The molecule has 0 aliphatic heterocycles. The van der Waals surface area contributed by atoms with Gasteiger partial charge in [-0.15, -0.1) is 0 Å². The number of amides is 2. The summed E-state index contributed by atoms with van der Waals surface area (Å²) in [5, 5.41) is 13.7. The molecule has 0 saturated carbocycles. The number of nitrogens with zero attached hydrogens (tertiary/aromatic N) is 2. The Morgan fingerprint density at radius 3 is 2.76 bits per heavy atom. The second-order valence-corrected chi connectivity index (χ2v) is 3.58. The summed E-state index contributed by atoms with van der Waals surface area (Å²) in [6.45, 7) is 1.95. The van der Waals surface area contributed by atoms with Crippen LogP contribution in [0.15, 0.2) is 12.4 Å². The summed E-state index contributed by atoms with van der Waals surface area (Å²) in [6.07, 6.45) is 3.73. The fourth-order valence-corrected chi connectivity index (χ4v) is 1.27. The predicted molar refractivity (Wildman–Crippen MR) is 60.3 cm³/mol. The summed E-state index contributed by atoms with van der Waals surface area (Å²) in [5.41, 5.74) is 0. The van der Waals surface area contributed by atoms with Gasteiger partial charge < -0.3 is 20.3 Å². The van der Waals surface area contributed by atoms with Gasteiger partial charge in [-0.2, -0.15) is 0 Å². The number of imidazole rings is 1. The second-order valence-electron chi connectivity index (χ2n) is 3.58. The molecule has 0 saturated heterocycles. The molecule has 1 atom stereocenters. The smallest absolute Gasteiger partial charge is 0.326 e. The quantitative estimate of drug-likeness (QED) is 0.679.